The third-order valence-corrected chi connectivity index (χ3v) is 10.1. The molecular formula is C29H43N3S. The highest BCUT2D eigenvalue weighted by molar-refractivity contribution is 7.10. The molecule has 2 fully saturated rings. The normalized spacial score (nSPS) is 25.9. The van der Waals surface area contributed by atoms with Crippen LogP contribution >= 0.6 is 11.3 Å². The van der Waals surface area contributed by atoms with Crippen molar-refractivity contribution < 1.29 is 0 Å². The molecule has 1 aromatic heterocycles. The highest BCUT2D eigenvalue weighted by atomic mass is 32.1. The third kappa shape index (κ3) is 4.81. The van der Waals surface area contributed by atoms with Gasteiger partial charge in [0.05, 0.1) is 10.7 Å². The first kappa shape index (κ1) is 23.5. The zero-order valence-corrected chi connectivity index (χ0v) is 22.3. The Bertz CT molecular complexity index is 967. The summed E-state index contributed by atoms with van der Waals surface area (Å²) < 4.78 is 0. The van der Waals surface area contributed by atoms with E-state index in [4.69, 9.17) is 4.98 Å². The van der Waals surface area contributed by atoms with Gasteiger partial charge in [-0.15, -0.1) is 11.3 Å². The van der Waals surface area contributed by atoms with E-state index < -0.39 is 0 Å². The van der Waals surface area contributed by atoms with E-state index in [0.29, 0.717) is 5.92 Å². The van der Waals surface area contributed by atoms with Crippen LogP contribution in [-0.2, 0) is 10.8 Å². The molecule has 2 aliphatic heterocycles. The molecule has 33 heavy (non-hydrogen) atoms. The van der Waals surface area contributed by atoms with E-state index in [2.05, 4.69) is 68.1 Å². The van der Waals surface area contributed by atoms with E-state index in [1.54, 1.807) is 0 Å². The molecule has 2 aromatic rings. The Balaban J connectivity index is 1.23. The molecule has 0 N–H and O–H groups in total. The van der Waals surface area contributed by atoms with Crippen molar-refractivity contribution in [1.29, 1.82) is 0 Å². The Morgan fingerprint density at radius 1 is 0.970 bits per heavy atom. The van der Waals surface area contributed by atoms with Gasteiger partial charge in [-0.25, -0.2) is 4.98 Å². The fourth-order valence-electron chi connectivity index (χ4n) is 6.43. The summed E-state index contributed by atoms with van der Waals surface area (Å²) in [7, 11) is 2.30. The van der Waals surface area contributed by atoms with Gasteiger partial charge in [0, 0.05) is 22.9 Å². The molecule has 3 heterocycles. The van der Waals surface area contributed by atoms with Gasteiger partial charge in [0.1, 0.15) is 0 Å². The molecule has 0 amide bonds. The molecule has 3 aliphatic rings. The van der Waals surface area contributed by atoms with Crippen LogP contribution < -0.4 is 0 Å². The summed E-state index contributed by atoms with van der Waals surface area (Å²) in [4.78, 5) is 10.4. The topological polar surface area (TPSA) is 19.4 Å². The number of fused-ring (bicyclic) bond motifs is 1. The van der Waals surface area contributed by atoms with Gasteiger partial charge in [-0.3, -0.25) is 0 Å². The van der Waals surface area contributed by atoms with Gasteiger partial charge in [-0.2, -0.15) is 0 Å². The predicted molar refractivity (Wildman–Crippen MR) is 142 cm³/mol. The van der Waals surface area contributed by atoms with Crippen LogP contribution in [0.2, 0.25) is 0 Å². The third-order valence-electron chi connectivity index (χ3n) is 9.06. The van der Waals surface area contributed by atoms with Gasteiger partial charge in [0.2, 0.25) is 0 Å². The highest BCUT2D eigenvalue weighted by Crippen LogP contribution is 2.47. The number of hydrogen-bond acceptors (Lipinski definition) is 4. The first-order valence-electron chi connectivity index (χ1n) is 13.3. The molecule has 1 atom stereocenters. The molecule has 0 spiro atoms. The molecule has 3 nitrogen and oxygen atoms in total. The minimum Gasteiger partial charge on any atom is -0.303 e. The first-order chi connectivity index (χ1) is 15.7. The largest absolute Gasteiger partial charge is 0.303 e. The smallest absolute Gasteiger partial charge is 0.0964 e. The van der Waals surface area contributed by atoms with Crippen molar-refractivity contribution in [2.75, 3.05) is 33.2 Å². The predicted octanol–water partition coefficient (Wildman–Crippen LogP) is 6.82. The van der Waals surface area contributed by atoms with Crippen LogP contribution in [0.3, 0.4) is 0 Å². The lowest BCUT2D eigenvalue weighted by atomic mass is 9.63. The van der Waals surface area contributed by atoms with Gasteiger partial charge in [0.25, 0.3) is 0 Å². The van der Waals surface area contributed by atoms with Gasteiger partial charge in [-0.1, -0.05) is 39.8 Å². The summed E-state index contributed by atoms with van der Waals surface area (Å²) in [6, 6.07) is 7.99. The lowest BCUT2D eigenvalue weighted by molar-refractivity contribution is 0.186. The lowest BCUT2D eigenvalue weighted by Crippen LogP contribution is -2.36. The number of nitrogens with zero attached hydrogens (tertiary/aromatic N) is 3. The van der Waals surface area contributed by atoms with Crippen molar-refractivity contribution >= 4 is 11.3 Å². The molecule has 5 rings (SSSR count). The number of likely N-dealkylation sites (tertiary alicyclic amines) is 2. The van der Waals surface area contributed by atoms with E-state index in [1.165, 1.54) is 98.5 Å². The molecular weight excluding hydrogens is 422 g/mol. The fraction of sp³-hybridized carbons (Fsp3) is 0.690. The highest BCUT2D eigenvalue weighted by Gasteiger charge is 2.37. The van der Waals surface area contributed by atoms with Crippen molar-refractivity contribution in [3.05, 3.63) is 39.7 Å². The van der Waals surface area contributed by atoms with E-state index in [-0.39, 0.29) is 10.8 Å². The maximum Gasteiger partial charge on any atom is 0.0964 e. The van der Waals surface area contributed by atoms with Crippen molar-refractivity contribution in [3.63, 3.8) is 0 Å². The number of benzene rings is 1. The van der Waals surface area contributed by atoms with Crippen LogP contribution in [0.5, 0.6) is 0 Å². The van der Waals surface area contributed by atoms with Crippen LogP contribution in [0, 0.1) is 0 Å². The molecule has 2 saturated heterocycles. The molecule has 4 heteroatoms. The second-order valence-corrected chi connectivity index (χ2v) is 13.2. The standard InChI is InChI=1S/C29H43N3S/c1-28(2)13-14-29(3,4)25-19-22(8-9-24(25)28)26-20-33-27(30-26)21-10-16-32(17-11-21)18-12-23-7-6-15-31(23)5/h8-9,19-21,23H,6-7,10-18H2,1-5H3. The van der Waals surface area contributed by atoms with Gasteiger partial charge in [0.15, 0.2) is 0 Å². The quantitative estimate of drug-likeness (QED) is 0.483. The zero-order valence-electron chi connectivity index (χ0n) is 21.5. The summed E-state index contributed by atoms with van der Waals surface area (Å²) in [6.07, 6.45) is 9.17. The Labute approximate surface area is 205 Å². The van der Waals surface area contributed by atoms with Crippen molar-refractivity contribution in [2.24, 2.45) is 0 Å². The van der Waals surface area contributed by atoms with E-state index >= 15 is 0 Å². The van der Waals surface area contributed by atoms with E-state index in [9.17, 15) is 0 Å². The number of aromatic nitrogens is 1. The Kier molecular flexibility index (Phi) is 6.48. The van der Waals surface area contributed by atoms with Crippen LogP contribution in [0.25, 0.3) is 11.3 Å². The summed E-state index contributed by atoms with van der Waals surface area (Å²) in [5.41, 5.74) is 6.09. The van der Waals surface area contributed by atoms with Gasteiger partial charge < -0.3 is 9.80 Å². The van der Waals surface area contributed by atoms with Crippen LogP contribution in [0.4, 0.5) is 0 Å². The average Bonchev–Trinajstić information content (AvgIpc) is 3.45. The molecule has 0 saturated carbocycles. The van der Waals surface area contributed by atoms with Crippen LogP contribution in [-0.4, -0.2) is 54.1 Å². The summed E-state index contributed by atoms with van der Waals surface area (Å²) in [5, 5.41) is 3.66. The van der Waals surface area contributed by atoms with Crippen molar-refractivity contribution in [3.8, 4) is 11.3 Å². The maximum atomic E-state index is 5.17. The maximum absolute atomic E-state index is 5.17. The number of thiazole rings is 1. The monoisotopic (exact) mass is 465 g/mol. The van der Waals surface area contributed by atoms with Crippen LogP contribution in [0.1, 0.15) is 94.7 Å². The Morgan fingerprint density at radius 3 is 2.39 bits per heavy atom. The average molecular weight is 466 g/mol. The van der Waals surface area contributed by atoms with Crippen LogP contribution in [0.15, 0.2) is 23.6 Å². The summed E-state index contributed by atoms with van der Waals surface area (Å²) in [5.74, 6) is 0.641. The second-order valence-electron chi connectivity index (χ2n) is 12.3. The number of hydrogen-bond donors (Lipinski definition) is 0. The van der Waals surface area contributed by atoms with Crippen molar-refractivity contribution in [1.82, 2.24) is 14.8 Å². The minimum atomic E-state index is 0.250. The SMILES string of the molecule is CN1CCCC1CCN1CCC(c2nc(-c3ccc4c(c3)C(C)(C)CCC4(C)C)cs2)CC1. The number of rotatable bonds is 5. The molecule has 0 radical (unpaired) electrons. The molecule has 180 valence electrons. The van der Waals surface area contributed by atoms with Gasteiger partial charge >= 0.3 is 0 Å². The molecule has 1 aromatic carbocycles. The number of piperidine rings is 1. The second kappa shape index (κ2) is 9.09. The van der Waals surface area contributed by atoms with E-state index in [1.807, 2.05) is 11.3 Å². The van der Waals surface area contributed by atoms with Gasteiger partial charge in [-0.05, 0) is 106 Å². The lowest BCUT2D eigenvalue weighted by Gasteiger charge is -2.42. The zero-order chi connectivity index (χ0) is 23.2. The minimum absolute atomic E-state index is 0.250. The van der Waals surface area contributed by atoms with E-state index in [0.717, 1.165) is 6.04 Å². The van der Waals surface area contributed by atoms with Crippen molar-refractivity contribution in [2.45, 2.75) is 95.4 Å². The first-order valence-corrected chi connectivity index (χ1v) is 14.1. The Hall–Kier alpha value is -1.23. The summed E-state index contributed by atoms with van der Waals surface area (Å²) >= 11 is 1.89. The molecule has 1 unspecified atom stereocenters. The Morgan fingerprint density at radius 2 is 1.70 bits per heavy atom. The molecule has 0 bridgehead atoms. The fourth-order valence-corrected chi connectivity index (χ4v) is 7.44. The molecule has 1 aliphatic carbocycles. The summed E-state index contributed by atoms with van der Waals surface area (Å²) in [6.45, 7) is 14.7.